The Morgan fingerprint density at radius 3 is 1.26 bits per heavy atom. The summed E-state index contributed by atoms with van der Waals surface area (Å²) in [6.45, 7) is 2.09. The van der Waals surface area contributed by atoms with Crippen molar-refractivity contribution in [1.82, 2.24) is 42.5 Å². The van der Waals surface area contributed by atoms with Crippen molar-refractivity contribution >= 4 is 58.7 Å². The lowest BCUT2D eigenvalue weighted by molar-refractivity contribution is -0.137. The monoisotopic (exact) mass is 969 g/mol. The normalized spacial score (nSPS) is 19.8. The predicted molar refractivity (Wildman–Crippen MR) is 264 cm³/mol. The van der Waals surface area contributed by atoms with Gasteiger partial charge in [-0.05, 0) is 101 Å². The summed E-state index contributed by atoms with van der Waals surface area (Å²) in [5.74, 6) is -2.40. The summed E-state index contributed by atoms with van der Waals surface area (Å²) in [7, 11) is 0. The fraction of sp³-hybridized carbons (Fsp3) is 0.560. The smallest absolute Gasteiger partial charge is 0.243 e. The Morgan fingerprint density at radius 1 is 0.543 bits per heavy atom. The molecule has 0 aliphatic carbocycles. The first-order valence-corrected chi connectivity index (χ1v) is 24.8. The van der Waals surface area contributed by atoms with Gasteiger partial charge in [-0.25, -0.2) is 0 Å². The molecule has 3 heterocycles. The van der Waals surface area contributed by atoms with Crippen LogP contribution >= 0.6 is 0 Å². The molecule has 5 rings (SSSR count). The zero-order valence-electron chi connectivity index (χ0n) is 40.1. The zero-order valence-corrected chi connectivity index (χ0v) is 40.1. The van der Waals surface area contributed by atoms with Gasteiger partial charge in [0, 0.05) is 49.9 Å². The highest BCUT2D eigenvalue weighted by Gasteiger charge is 2.34. The Hall–Kier alpha value is -6.54. The van der Waals surface area contributed by atoms with Crippen LogP contribution in [-0.4, -0.2) is 121 Å². The van der Waals surface area contributed by atoms with E-state index in [0.29, 0.717) is 75.6 Å². The average Bonchev–Trinajstić information content (AvgIpc) is 3.36. The highest BCUT2D eigenvalue weighted by molar-refractivity contribution is 5.98. The molecule has 20 heteroatoms. The minimum Gasteiger partial charge on any atom is -0.384 e. The molecule has 0 saturated carbocycles. The SMILES string of the molecule is N=C(N)c1ccc(CC(NC(=O)CCC(=O)NCCCC[C@H]2NC(=O)[C@@H](CCCCNC(=O)CCC(=O)NC(Cc3ccc(C(=N)N)cc3)C(=O)C3CCCCN3)NC2=O)C(=O)C2CCCCN2)cc1. The summed E-state index contributed by atoms with van der Waals surface area (Å²) in [5.41, 5.74) is 13.9. The highest BCUT2D eigenvalue weighted by Crippen LogP contribution is 2.16. The maximum atomic E-state index is 13.5. The first-order valence-electron chi connectivity index (χ1n) is 24.8. The summed E-state index contributed by atoms with van der Waals surface area (Å²) in [6, 6.07) is 10.2. The first-order chi connectivity index (χ1) is 33.7. The molecule has 2 aromatic rings. The van der Waals surface area contributed by atoms with Crippen molar-refractivity contribution in [3.05, 3.63) is 70.8 Å². The number of carbonyl (C=O) groups excluding carboxylic acids is 8. The van der Waals surface area contributed by atoms with Crippen LogP contribution < -0.4 is 54.0 Å². The number of unbranched alkanes of at least 4 members (excludes halogenated alkanes) is 2. The number of amidine groups is 2. The van der Waals surface area contributed by atoms with Gasteiger partial charge < -0.3 is 54.0 Å². The molecule has 70 heavy (non-hydrogen) atoms. The van der Waals surface area contributed by atoms with Crippen LogP contribution in [0.5, 0.6) is 0 Å². The molecular weight excluding hydrogens is 897 g/mol. The number of nitrogens with one attached hydrogen (secondary N) is 10. The number of nitrogens with two attached hydrogens (primary N) is 2. The predicted octanol–water partition coefficient (Wildman–Crippen LogP) is 0.549. The number of piperazine rings is 1. The molecule has 6 atom stereocenters. The van der Waals surface area contributed by atoms with Gasteiger partial charge in [-0.15, -0.1) is 0 Å². The number of piperidine rings is 2. The molecule has 0 spiro atoms. The van der Waals surface area contributed by atoms with Gasteiger partial charge in [0.05, 0.1) is 24.2 Å². The molecule has 14 N–H and O–H groups in total. The quantitative estimate of drug-likeness (QED) is 0.0316. The zero-order chi connectivity index (χ0) is 50.4. The number of hydrogen-bond acceptors (Lipinski definition) is 12. The molecule has 3 aliphatic heterocycles. The third kappa shape index (κ3) is 18.1. The second kappa shape index (κ2) is 28.2. The summed E-state index contributed by atoms with van der Waals surface area (Å²) in [4.78, 5) is 104. The van der Waals surface area contributed by atoms with Crippen molar-refractivity contribution in [3.8, 4) is 0 Å². The van der Waals surface area contributed by atoms with E-state index in [1.165, 1.54) is 0 Å². The van der Waals surface area contributed by atoms with Gasteiger partial charge in [-0.2, -0.15) is 0 Å². The number of rotatable bonds is 28. The van der Waals surface area contributed by atoms with E-state index in [-0.39, 0.29) is 97.5 Å². The van der Waals surface area contributed by atoms with E-state index < -0.39 is 36.0 Å². The van der Waals surface area contributed by atoms with E-state index in [9.17, 15) is 38.4 Å². The van der Waals surface area contributed by atoms with Crippen LogP contribution in [0.1, 0.15) is 125 Å². The standard InChI is InChI=1S/C50H72N12O8/c51-47(52)33-17-13-31(14-18-33)29-39(45(67)35-9-1-5-25-55-35)59-43(65)23-21-41(63)57-27-7-3-11-37-49(69)62-38(50(70)61-37)12-4-8-28-58-42(64)22-24-44(66)60-40(46(68)36-10-2-6-26-56-36)30-32-15-19-34(20-16-32)48(53)54/h13-20,35-40,55-56H,1-12,21-30H2,(H3,51,52)(H3,53,54)(H,57,63)(H,58,64)(H,59,65)(H,60,66)(H,61,70)(H,62,69)/t35?,36?,37-,38-,39?,40?/m1/s1. The van der Waals surface area contributed by atoms with Crippen LogP contribution in [0.4, 0.5) is 0 Å². The number of benzene rings is 2. The summed E-state index contributed by atoms with van der Waals surface area (Å²) >= 11 is 0. The molecular formula is C50H72N12O8. The van der Waals surface area contributed by atoms with Gasteiger partial charge in [-0.1, -0.05) is 61.4 Å². The van der Waals surface area contributed by atoms with Crippen LogP contribution in [0.3, 0.4) is 0 Å². The van der Waals surface area contributed by atoms with E-state index in [2.05, 4.69) is 42.5 Å². The maximum Gasteiger partial charge on any atom is 0.243 e. The fourth-order valence-electron chi connectivity index (χ4n) is 8.88. The molecule has 3 aliphatic rings. The fourth-order valence-corrected chi connectivity index (χ4v) is 8.88. The third-order valence-corrected chi connectivity index (χ3v) is 13.0. The van der Waals surface area contributed by atoms with Crippen LogP contribution in [-0.2, 0) is 51.2 Å². The molecule has 20 nitrogen and oxygen atoms in total. The third-order valence-electron chi connectivity index (χ3n) is 13.0. The number of carbonyl (C=O) groups is 8. The van der Waals surface area contributed by atoms with Crippen LogP contribution in [0.15, 0.2) is 48.5 Å². The van der Waals surface area contributed by atoms with Crippen LogP contribution in [0, 0.1) is 10.8 Å². The number of nitrogen functional groups attached to an aromatic ring is 2. The minimum absolute atomic E-state index is 0.0654. The van der Waals surface area contributed by atoms with Gasteiger partial charge in [0.1, 0.15) is 23.8 Å². The summed E-state index contributed by atoms with van der Waals surface area (Å²) in [5, 5.41) is 38.6. The minimum atomic E-state index is -0.788. The average molecular weight is 969 g/mol. The Labute approximate surface area is 409 Å². The molecule has 2 aromatic carbocycles. The molecule has 3 fully saturated rings. The van der Waals surface area contributed by atoms with Crippen LogP contribution in [0.2, 0.25) is 0 Å². The lowest BCUT2D eigenvalue weighted by atomic mass is 9.92. The van der Waals surface area contributed by atoms with Crippen molar-refractivity contribution in [2.45, 2.75) is 152 Å². The van der Waals surface area contributed by atoms with E-state index in [0.717, 1.165) is 49.9 Å². The van der Waals surface area contributed by atoms with Crippen LogP contribution in [0.25, 0.3) is 0 Å². The number of hydrogen-bond donors (Lipinski definition) is 12. The van der Waals surface area contributed by atoms with Crippen molar-refractivity contribution in [2.24, 2.45) is 11.5 Å². The number of amides is 6. The summed E-state index contributed by atoms with van der Waals surface area (Å²) in [6.07, 6.45) is 8.27. The molecule has 6 amide bonds. The molecule has 0 radical (unpaired) electrons. The topological polar surface area (TPSA) is 333 Å². The van der Waals surface area contributed by atoms with E-state index in [1.54, 1.807) is 48.5 Å². The van der Waals surface area contributed by atoms with Gasteiger partial charge in [-0.3, -0.25) is 49.2 Å². The van der Waals surface area contributed by atoms with Crippen molar-refractivity contribution in [1.29, 1.82) is 10.8 Å². The Balaban J connectivity index is 0.920. The Morgan fingerprint density at radius 2 is 0.914 bits per heavy atom. The second-order valence-corrected chi connectivity index (χ2v) is 18.5. The van der Waals surface area contributed by atoms with Crippen molar-refractivity contribution in [3.63, 3.8) is 0 Å². The lowest BCUT2D eigenvalue weighted by Gasteiger charge is -2.29. The van der Waals surface area contributed by atoms with Crippen molar-refractivity contribution in [2.75, 3.05) is 26.2 Å². The van der Waals surface area contributed by atoms with Gasteiger partial charge in [0.15, 0.2) is 11.6 Å². The molecule has 0 bridgehead atoms. The molecule has 3 saturated heterocycles. The van der Waals surface area contributed by atoms with E-state index in [1.807, 2.05) is 0 Å². The van der Waals surface area contributed by atoms with E-state index in [4.69, 9.17) is 22.3 Å². The summed E-state index contributed by atoms with van der Waals surface area (Å²) < 4.78 is 0. The largest absolute Gasteiger partial charge is 0.384 e. The number of Topliss-reactive ketones (excluding diaryl/α,β-unsaturated/α-hetero) is 2. The van der Waals surface area contributed by atoms with Gasteiger partial charge in [0.2, 0.25) is 35.4 Å². The van der Waals surface area contributed by atoms with Gasteiger partial charge >= 0.3 is 0 Å². The highest BCUT2D eigenvalue weighted by atomic mass is 16.2. The number of ketones is 2. The molecule has 0 aromatic heterocycles. The first kappa shape index (κ1) is 54.4. The van der Waals surface area contributed by atoms with E-state index >= 15 is 0 Å². The second-order valence-electron chi connectivity index (χ2n) is 18.5. The molecule has 380 valence electrons. The Kier molecular flexibility index (Phi) is 21.9. The van der Waals surface area contributed by atoms with Crippen molar-refractivity contribution < 1.29 is 38.4 Å². The van der Waals surface area contributed by atoms with Gasteiger partial charge in [0.25, 0.3) is 0 Å². The molecule has 4 unspecified atom stereocenters. The lowest BCUT2D eigenvalue weighted by Crippen LogP contribution is -2.61. The Bertz CT molecular complexity index is 2000. The maximum absolute atomic E-state index is 13.5.